The zero-order chi connectivity index (χ0) is 16.9. The van der Waals surface area contributed by atoms with Gasteiger partial charge >= 0.3 is 0 Å². The maximum atomic E-state index is 5.76. The molecule has 1 aromatic heterocycles. The van der Waals surface area contributed by atoms with Crippen LogP contribution in [-0.4, -0.2) is 17.1 Å². The predicted octanol–water partition coefficient (Wildman–Crippen LogP) is 3.36. The zero-order valence-electron chi connectivity index (χ0n) is 13.5. The van der Waals surface area contributed by atoms with E-state index in [9.17, 15) is 0 Å². The van der Waals surface area contributed by atoms with Crippen LogP contribution in [0.25, 0.3) is 0 Å². The lowest BCUT2D eigenvalue weighted by molar-refractivity contribution is 0.414. The topological polar surface area (TPSA) is 63.9 Å². The van der Waals surface area contributed by atoms with Gasteiger partial charge in [0, 0.05) is 17.2 Å². The van der Waals surface area contributed by atoms with Gasteiger partial charge in [-0.1, -0.05) is 30.2 Å². The van der Waals surface area contributed by atoms with Crippen LogP contribution in [0.15, 0.2) is 54.7 Å². The van der Waals surface area contributed by atoms with E-state index in [4.69, 9.17) is 16.9 Å². The van der Waals surface area contributed by atoms with E-state index >= 15 is 0 Å². The molecule has 1 heterocycles. The van der Waals surface area contributed by atoms with Crippen molar-refractivity contribution in [2.75, 3.05) is 12.8 Å². The van der Waals surface area contributed by atoms with Crippen LogP contribution in [0.2, 0.25) is 0 Å². The number of aromatic amines is 1. The average Bonchev–Trinajstić information content (AvgIpc) is 3.06. The molecule has 3 rings (SSSR count). The molecule has 120 valence electrons. The van der Waals surface area contributed by atoms with E-state index in [1.807, 2.05) is 24.3 Å². The molecular weight excluding hydrogens is 298 g/mol. The number of terminal acetylenes is 1. The Hall–Kier alpha value is -3.19. The van der Waals surface area contributed by atoms with E-state index in [2.05, 4.69) is 40.2 Å². The third kappa shape index (κ3) is 3.41. The Kier molecular flexibility index (Phi) is 4.53. The first kappa shape index (κ1) is 15.7. The van der Waals surface area contributed by atoms with Crippen molar-refractivity contribution in [2.45, 2.75) is 12.3 Å². The summed E-state index contributed by atoms with van der Waals surface area (Å²) >= 11 is 0. The first-order chi connectivity index (χ1) is 11.7. The number of imidazole rings is 1. The number of hydrogen-bond donors (Lipinski definition) is 2. The summed E-state index contributed by atoms with van der Waals surface area (Å²) in [6, 6.07) is 16.1. The Balaban J connectivity index is 1.93. The molecule has 1 unspecified atom stereocenters. The first-order valence-electron chi connectivity index (χ1n) is 7.69. The first-order valence-corrected chi connectivity index (χ1v) is 7.69. The molecule has 24 heavy (non-hydrogen) atoms. The Morgan fingerprint density at radius 2 is 1.88 bits per heavy atom. The van der Waals surface area contributed by atoms with E-state index in [-0.39, 0.29) is 5.92 Å². The van der Waals surface area contributed by atoms with E-state index in [1.165, 1.54) is 11.1 Å². The van der Waals surface area contributed by atoms with Gasteiger partial charge in [0.15, 0.2) is 5.95 Å². The highest BCUT2D eigenvalue weighted by Crippen LogP contribution is 2.29. The number of aromatic nitrogens is 2. The van der Waals surface area contributed by atoms with Crippen molar-refractivity contribution in [3.8, 4) is 18.1 Å². The SMILES string of the molecule is C#Cc1ccc(CC(c2ccc(OC)cc2)c2cnc(N)[nH]2)cc1. The van der Waals surface area contributed by atoms with Crippen LogP contribution in [0.4, 0.5) is 5.95 Å². The second-order valence-electron chi connectivity index (χ2n) is 5.59. The van der Waals surface area contributed by atoms with Gasteiger partial charge in [-0.2, -0.15) is 0 Å². The largest absolute Gasteiger partial charge is 0.497 e. The van der Waals surface area contributed by atoms with Gasteiger partial charge in [-0.15, -0.1) is 6.42 Å². The summed E-state index contributed by atoms with van der Waals surface area (Å²) in [7, 11) is 1.66. The summed E-state index contributed by atoms with van der Waals surface area (Å²) in [6.07, 6.45) is 8.03. The van der Waals surface area contributed by atoms with Crippen LogP contribution in [-0.2, 0) is 6.42 Å². The normalized spacial score (nSPS) is 11.7. The molecule has 0 aliphatic carbocycles. The minimum atomic E-state index is 0.123. The van der Waals surface area contributed by atoms with Crippen molar-refractivity contribution in [3.05, 3.63) is 77.1 Å². The maximum Gasteiger partial charge on any atom is 0.197 e. The van der Waals surface area contributed by atoms with Gasteiger partial charge in [0.25, 0.3) is 0 Å². The fourth-order valence-electron chi connectivity index (χ4n) is 2.74. The third-order valence-corrected chi connectivity index (χ3v) is 4.07. The summed E-state index contributed by atoms with van der Waals surface area (Å²) in [5, 5.41) is 0. The smallest absolute Gasteiger partial charge is 0.197 e. The molecule has 0 amide bonds. The molecule has 4 heteroatoms. The Labute approximate surface area is 141 Å². The quantitative estimate of drug-likeness (QED) is 0.709. The molecule has 3 N–H and O–H groups in total. The van der Waals surface area contributed by atoms with Crippen molar-refractivity contribution in [1.82, 2.24) is 9.97 Å². The highest BCUT2D eigenvalue weighted by atomic mass is 16.5. The average molecular weight is 317 g/mol. The molecule has 1 atom stereocenters. The van der Waals surface area contributed by atoms with E-state index in [0.29, 0.717) is 5.95 Å². The van der Waals surface area contributed by atoms with Gasteiger partial charge in [-0.25, -0.2) is 4.98 Å². The Morgan fingerprint density at radius 3 is 2.42 bits per heavy atom. The second-order valence-corrected chi connectivity index (χ2v) is 5.59. The van der Waals surface area contributed by atoms with Gasteiger partial charge in [0.1, 0.15) is 5.75 Å². The number of benzene rings is 2. The Bertz CT molecular complexity index is 842. The fraction of sp³-hybridized carbons (Fsp3) is 0.150. The number of anilines is 1. The van der Waals surface area contributed by atoms with Crippen LogP contribution in [0.1, 0.15) is 28.3 Å². The number of nitrogens with one attached hydrogen (secondary N) is 1. The number of hydrogen-bond acceptors (Lipinski definition) is 3. The summed E-state index contributed by atoms with van der Waals surface area (Å²) in [6.45, 7) is 0. The predicted molar refractivity (Wildman–Crippen MR) is 95.9 cm³/mol. The van der Waals surface area contributed by atoms with Crippen molar-refractivity contribution in [2.24, 2.45) is 0 Å². The van der Waals surface area contributed by atoms with Gasteiger partial charge < -0.3 is 15.5 Å². The minimum absolute atomic E-state index is 0.123. The maximum absolute atomic E-state index is 5.76. The second kappa shape index (κ2) is 6.93. The molecule has 0 radical (unpaired) electrons. The molecule has 0 aliphatic heterocycles. The number of H-pyrrole nitrogens is 1. The zero-order valence-corrected chi connectivity index (χ0v) is 13.5. The van der Waals surface area contributed by atoms with Crippen molar-refractivity contribution >= 4 is 5.95 Å². The van der Waals surface area contributed by atoms with E-state index in [0.717, 1.165) is 23.4 Å². The van der Waals surface area contributed by atoms with Gasteiger partial charge in [-0.3, -0.25) is 0 Å². The van der Waals surface area contributed by atoms with Crippen molar-refractivity contribution < 1.29 is 4.74 Å². The van der Waals surface area contributed by atoms with Crippen LogP contribution < -0.4 is 10.5 Å². The highest BCUT2D eigenvalue weighted by molar-refractivity contribution is 5.39. The molecule has 0 aliphatic rings. The number of nitrogens with two attached hydrogens (primary N) is 1. The molecule has 0 bridgehead atoms. The van der Waals surface area contributed by atoms with Crippen LogP contribution in [0.5, 0.6) is 5.75 Å². The molecule has 0 saturated carbocycles. The standard InChI is InChI=1S/C20H19N3O/c1-3-14-4-6-15(7-5-14)12-18(19-13-22-20(21)23-19)16-8-10-17(24-2)11-9-16/h1,4-11,13,18H,12H2,2H3,(H3,21,22,23). The van der Waals surface area contributed by atoms with Gasteiger partial charge in [0.05, 0.1) is 13.3 Å². The molecule has 0 spiro atoms. The summed E-state index contributed by atoms with van der Waals surface area (Å²) in [4.78, 5) is 7.29. The Morgan fingerprint density at radius 1 is 1.17 bits per heavy atom. The van der Waals surface area contributed by atoms with Gasteiger partial charge in [-0.05, 0) is 41.8 Å². The molecule has 4 nitrogen and oxygen atoms in total. The van der Waals surface area contributed by atoms with Gasteiger partial charge in [0.2, 0.25) is 0 Å². The third-order valence-electron chi connectivity index (χ3n) is 4.07. The lowest BCUT2D eigenvalue weighted by Gasteiger charge is -2.17. The summed E-state index contributed by atoms with van der Waals surface area (Å²) in [5.41, 5.74) is 9.99. The molecule has 0 fully saturated rings. The van der Waals surface area contributed by atoms with Crippen molar-refractivity contribution in [1.29, 1.82) is 0 Å². The number of ether oxygens (including phenoxy) is 1. The lowest BCUT2D eigenvalue weighted by Crippen LogP contribution is -2.06. The number of nitrogens with zero attached hydrogens (tertiary/aromatic N) is 1. The number of rotatable bonds is 5. The summed E-state index contributed by atoms with van der Waals surface area (Å²) in [5.74, 6) is 4.02. The number of nitrogen functional groups attached to an aromatic ring is 1. The monoisotopic (exact) mass is 317 g/mol. The molecular formula is C20H19N3O. The fourth-order valence-corrected chi connectivity index (χ4v) is 2.74. The highest BCUT2D eigenvalue weighted by Gasteiger charge is 2.17. The molecule has 3 aromatic rings. The molecule has 0 saturated heterocycles. The van der Waals surface area contributed by atoms with Crippen LogP contribution in [0, 0.1) is 12.3 Å². The van der Waals surface area contributed by atoms with Crippen LogP contribution >= 0.6 is 0 Å². The molecule has 2 aromatic carbocycles. The van der Waals surface area contributed by atoms with E-state index in [1.54, 1.807) is 13.3 Å². The lowest BCUT2D eigenvalue weighted by atomic mass is 9.89. The van der Waals surface area contributed by atoms with E-state index < -0.39 is 0 Å². The minimum Gasteiger partial charge on any atom is -0.497 e. The van der Waals surface area contributed by atoms with Crippen LogP contribution in [0.3, 0.4) is 0 Å². The van der Waals surface area contributed by atoms with Crippen molar-refractivity contribution in [3.63, 3.8) is 0 Å². The summed E-state index contributed by atoms with van der Waals surface area (Å²) < 4.78 is 5.24. The number of methoxy groups -OCH3 is 1.